The molecule has 1 aliphatic heterocycles. The van der Waals surface area contributed by atoms with Crippen molar-refractivity contribution in [2.24, 2.45) is 5.73 Å². The zero-order valence-corrected chi connectivity index (χ0v) is 11.8. The van der Waals surface area contributed by atoms with Crippen molar-refractivity contribution in [3.8, 4) is 5.75 Å². The van der Waals surface area contributed by atoms with Crippen LogP contribution in [0.3, 0.4) is 0 Å². The Hall–Kier alpha value is -1.94. The van der Waals surface area contributed by atoms with Crippen LogP contribution in [0.15, 0.2) is 36.4 Å². The molecule has 2 unspecified atom stereocenters. The van der Waals surface area contributed by atoms with Crippen LogP contribution in [0, 0.1) is 11.6 Å². The molecule has 2 N–H and O–H groups in total. The lowest BCUT2D eigenvalue weighted by molar-refractivity contribution is 0.254. The van der Waals surface area contributed by atoms with Gasteiger partial charge in [-0.05, 0) is 42.2 Å². The van der Waals surface area contributed by atoms with E-state index in [4.69, 9.17) is 10.5 Å². The van der Waals surface area contributed by atoms with Gasteiger partial charge in [-0.15, -0.1) is 0 Å². The summed E-state index contributed by atoms with van der Waals surface area (Å²) < 4.78 is 32.2. The van der Waals surface area contributed by atoms with Crippen LogP contribution in [0.5, 0.6) is 5.75 Å². The molecule has 0 fully saturated rings. The van der Waals surface area contributed by atoms with E-state index in [-0.39, 0.29) is 12.1 Å². The smallest absolute Gasteiger partial charge is 0.129 e. The molecule has 0 saturated heterocycles. The Balaban J connectivity index is 1.79. The van der Waals surface area contributed by atoms with E-state index in [1.54, 1.807) is 0 Å². The van der Waals surface area contributed by atoms with Gasteiger partial charge in [0.2, 0.25) is 0 Å². The molecule has 2 atom stereocenters. The number of benzene rings is 2. The van der Waals surface area contributed by atoms with E-state index in [0.717, 1.165) is 29.4 Å². The monoisotopic (exact) mass is 289 g/mol. The van der Waals surface area contributed by atoms with Crippen LogP contribution < -0.4 is 10.5 Å². The summed E-state index contributed by atoms with van der Waals surface area (Å²) in [4.78, 5) is 0. The van der Waals surface area contributed by atoms with Crippen LogP contribution >= 0.6 is 0 Å². The highest BCUT2D eigenvalue weighted by atomic mass is 19.1. The molecule has 0 bridgehead atoms. The van der Waals surface area contributed by atoms with Crippen molar-refractivity contribution in [1.82, 2.24) is 0 Å². The van der Waals surface area contributed by atoms with Crippen LogP contribution in [0.4, 0.5) is 8.78 Å². The maximum absolute atomic E-state index is 13.7. The number of ether oxygens (including phenoxy) is 1. The second kappa shape index (κ2) is 5.45. The van der Waals surface area contributed by atoms with Gasteiger partial charge in [0.15, 0.2) is 0 Å². The largest absolute Gasteiger partial charge is 0.490 e. The second-order valence-corrected chi connectivity index (χ2v) is 5.55. The highest BCUT2D eigenvalue weighted by Gasteiger charge is 2.20. The Morgan fingerprint density at radius 3 is 2.81 bits per heavy atom. The first kappa shape index (κ1) is 14.0. The lowest BCUT2D eigenvalue weighted by Gasteiger charge is -2.14. The number of hydrogen-bond donors (Lipinski definition) is 1. The van der Waals surface area contributed by atoms with Crippen molar-refractivity contribution in [2.45, 2.75) is 31.9 Å². The Kier molecular flexibility index (Phi) is 3.64. The summed E-state index contributed by atoms with van der Waals surface area (Å²) >= 11 is 0. The van der Waals surface area contributed by atoms with Gasteiger partial charge >= 0.3 is 0 Å². The van der Waals surface area contributed by atoms with Crippen molar-refractivity contribution in [2.75, 3.05) is 0 Å². The molecule has 0 aromatic heterocycles. The van der Waals surface area contributed by atoms with Crippen molar-refractivity contribution in [3.63, 3.8) is 0 Å². The first-order valence-electron chi connectivity index (χ1n) is 7.02. The molecular weight excluding hydrogens is 272 g/mol. The van der Waals surface area contributed by atoms with E-state index in [2.05, 4.69) is 0 Å². The molecule has 1 heterocycles. The number of rotatable bonds is 3. The summed E-state index contributed by atoms with van der Waals surface area (Å²) in [5.41, 5.74) is 8.66. The molecule has 2 nitrogen and oxygen atoms in total. The molecule has 0 aliphatic carbocycles. The van der Waals surface area contributed by atoms with Gasteiger partial charge in [0.1, 0.15) is 23.5 Å². The molecule has 0 spiro atoms. The first-order valence-corrected chi connectivity index (χ1v) is 7.02. The van der Waals surface area contributed by atoms with Crippen molar-refractivity contribution < 1.29 is 13.5 Å². The van der Waals surface area contributed by atoms with E-state index in [1.807, 2.05) is 25.1 Å². The van der Waals surface area contributed by atoms with Crippen LogP contribution in [0.25, 0.3) is 0 Å². The molecule has 1 aliphatic rings. The van der Waals surface area contributed by atoms with Crippen molar-refractivity contribution >= 4 is 0 Å². The van der Waals surface area contributed by atoms with Gasteiger partial charge in [-0.25, -0.2) is 8.78 Å². The first-order chi connectivity index (χ1) is 10.0. The van der Waals surface area contributed by atoms with Crippen molar-refractivity contribution in [3.05, 3.63) is 64.7 Å². The molecule has 3 rings (SSSR count). The molecule has 0 radical (unpaired) electrons. The SMILES string of the molecule is CC1Cc2cc(C(N)Cc3ccc(F)cc3F)ccc2O1. The quantitative estimate of drug-likeness (QED) is 0.938. The molecule has 0 amide bonds. The van der Waals surface area contributed by atoms with Crippen LogP contribution in [-0.2, 0) is 12.8 Å². The van der Waals surface area contributed by atoms with E-state index in [1.165, 1.54) is 12.1 Å². The van der Waals surface area contributed by atoms with Crippen LogP contribution in [0.1, 0.15) is 29.7 Å². The maximum atomic E-state index is 13.7. The Morgan fingerprint density at radius 2 is 2.05 bits per heavy atom. The average Bonchev–Trinajstić information content (AvgIpc) is 2.80. The standard InChI is InChI=1S/C17H17F2NO/c1-10-6-13-7-12(3-5-17(13)21-10)16(20)8-11-2-4-14(18)9-15(11)19/h2-5,7,9-10,16H,6,8,20H2,1H3. The summed E-state index contributed by atoms with van der Waals surface area (Å²) in [6.45, 7) is 2.02. The molecular formula is C17H17F2NO. The highest BCUT2D eigenvalue weighted by Crippen LogP contribution is 2.31. The zero-order chi connectivity index (χ0) is 15.0. The Labute approximate surface area is 122 Å². The fourth-order valence-electron chi connectivity index (χ4n) is 2.71. The summed E-state index contributed by atoms with van der Waals surface area (Å²) in [7, 11) is 0. The van der Waals surface area contributed by atoms with Gasteiger partial charge in [-0.3, -0.25) is 0 Å². The highest BCUT2D eigenvalue weighted by molar-refractivity contribution is 5.41. The fraction of sp³-hybridized carbons (Fsp3) is 0.294. The summed E-state index contributed by atoms with van der Waals surface area (Å²) in [6, 6.07) is 9.10. The lowest BCUT2D eigenvalue weighted by atomic mass is 9.97. The minimum atomic E-state index is -0.575. The normalized spacial score (nSPS) is 18.2. The van der Waals surface area contributed by atoms with Crippen molar-refractivity contribution in [1.29, 1.82) is 0 Å². The Morgan fingerprint density at radius 1 is 1.24 bits per heavy atom. The number of halogens is 2. The van der Waals surface area contributed by atoms with Gasteiger partial charge in [-0.1, -0.05) is 18.2 Å². The third kappa shape index (κ3) is 2.90. The lowest BCUT2D eigenvalue weighted by Crippen LogP contribution is -2.14. The average molecular weight is 289 g/mol. The fourth-order valence-corrected chi connectivity index (χ4v) is 2.71. The van der Waals surface area contributed by atoms with Crippen LogP contribution in [-0.4, -0.2) is 6.10 Å². The van der Waals surface area contributed by atoms with E-state index in [0.29, 0.717) is 12.0 Å². The minimum Gasteiger partial charge on any atom is -0.490 e. The van der Waals surface area contributed by atoms with Gasteiger partial charge in [0.25, 0.3) is 0 Å². The second-order valence-electron chi connectivity index (χ2n) is 5.55. The number of hydrogen-bond acceptors (Lipinski definition) is 2. The molecule has 2 aromatic carbocycles. The molecule has 21 heavy (non-hydrogen) atoms. The van der Waals surface area contributed by atoms with Crippen LogP contribution in [0.2, 0.25) is 0 Å². The van der Waals surface area contributed by atoms with E-state index >= 15 is 0 Å². The zero-order valence-electron chi connectivity index (χ0n) is 11.8. The topological polar surface area (TPSA) is 35.2 Å². The predicted molar refractivity (Wildman–Crippen MR) is 77.2 cm³/mol. The number of fused-ring (bicyclic) bond motifs is 1. The van der Waals surface area contributed by atoms with E-state index in [9.17, 15) is 8.78 Å². The molecule has 110 valence electrons. The van der Waals surface area contributed by atoms with Gasteiger partial charge in [-0.2, -0.15) is 0 Å². The maximum Gasteiger partial charge on any atom is 0.129 e. The molecule has 0 saturated carbocycles. The minimum absolute atomic E-state index is 0.181. The Bertz CT molecular complexity index is 672. The summed E-state index contributed by atoms with van der Waals surface area (Å²) in [5.74, 6) is -0.233. The summed E-state index contributed by atoms with van der Waals surface area (Å²) in [6.07, 6.45) is 1.38. The third-order valence-electron chi connectivity index (χ3n) is 3.80. The number of nitrogens with two attached hydrogens (primary N) is 1. The van der Waals surface area contributed by atoms with Gasteiger partial charge in [0.05, 0.1) is 0 Å². The third-order valence-corrected chi connectivity index (χ3v) is 3.80. The molecule has 2 aromatic rings. The predicted octanol–water partition coefficient (Wildman–Crippen LogP) is 3.53. The summed E-state index contributed by atoms with van der Waals surface area (Å²) in [5, 5.41) is 0. The van der Waals surface area contributed by atoms with E-state index < -0.39 is 11.6 Å². The molecule has 4 heteroatoms. The van der Waals surface area contributed by atoms with Gasteiger partial charge in [0, 0.05) is 18.5 Å². The van der Waals surface area contributed by atoms with Gasteiger partial charge < -0.3 is 10.5 Å².